The van der Waals surface area contributed by atoms with E-state index >= 15 is 0 Å². The van der Waals surface area contributed by atoms with Gasteiger partial charge in [-0.1, -0.05) is 51.7 Å². The normalized spacial score (nSPS) is 16.3. The molecule has 3 rings (SSSR count). The second kappa shape index (κ2) is 8.32. The summed E-state index contributed by atoms with van der Waals surface area (Å²) in [6.45, 7) is 8.98. The predicted octanol–water partition coefficient (Wildman–Crippen LogP) is 6.37. The van der Waals surface area contributed by atoms with Gasteiger partial charge in [0.2, 0.25) is 0 Å². The number of hydrogen-bond acceptors (Lipinski definition) is 3. The number of likely N-dealkylation sites (N-methyl/N-ethyl adjacent to an activating group) is 1. The minimum Gasteiger partial charge on any atom is -0.344 e. The van der Waals surface area contributed by atoms with E-state index in [1.54, 1.807) is 7.05 Å². The minimum absolute atomic E-state index is 0.0313. The molecule has 2 heterocycles. The van der Waals surface area contributed by atoms with Crippen LogP contribution in [0.25, 0.3) is 17.3 Å². The maximum atomic E-state index is 12.3. The van der Waals surface area contributed by atoms with E-state index in [1.165, 1.54) is 36.9 Å². The lowest BCUT2D eigenvalue weighted by Gasteiger charge is -2.18. The number of carbonyl (C=O) groups excluding carboxylic acids is 1. The fourth-order valence-electron chi connectivity index (χ4n) is 3.30. The highest BCUT2D eigenvalue weighted by Gasteiger charge is 2.29. The van der Waals surface area contributed by atoms with Gasteiger partial charge < -0.3 is 4.57 Å². The molecule has 1 saturated heterocycles. The highest BCUT2D eigenvalue weighted by atomic mass is 127. The molecule has 1 aromatic heterocycles. The first-order chi connectivity index (χ1) is 13.1. The Labute approximate surface area is 190 Å². The zero-order valence-electron chi connectivity index (χ0n) is 17.0. The Morgan fingerprint density at radius 2 is 1.64 bits per heavy atom. The predicted molar refractivity (Wildman–Crippen MR) is 133 cm³/mol. The Kier molecular flexibility index (Phi) is 6.41. The molecule has 3 nitrogen and oxygen atoms in total. The summed E-state index contributed by atoms with van der Waals surface area (Å²) in [5.74, 6) is 0.904. The molecule has 28 heavy (non-hydrogen) atoms. The molecule has 6 heteroatoms. The second-order valence-electron chi connectivity index (χ2n) is 7.72. The van der Waals surface area contributed by atoms with Crippen molar-refractivity contribution in [3.05, 3.63) is 49.6 Å². The fraction of sp³-hybridized carbons (Fsp3) is 0.364. The summed E-state index contributed by atoms with van der Waals surface area (Å²) < 4.78 is 4.12. The fourth-order valence-corrected chi connectivity index (χ4v) is 6.02. The first-order valence-electron chi connectivity index (χ1n) is 9.32. The molecule has 0 radical (unpaired) electrons. The van der Waals surface area contributed by atoms with Crippen LogP contribution in [0, 0.1) is 3.57 Å². The highest BCUT2D eigenvalue weighted by Crippen LogP contribution is 2.36. The zero-order chi connectivity index (χ0) is 20.7. The maximum absolute atomic E-state index is 12.3. The molecule has 2 aromatic rings. The highest BCUT2D eigenvalue weighted by molar-refractivity contribution is 14.1. The monoisotopic (exact) mass is 524 g/mol. The first kappa shape index (κ1) is 21.6. The molecule has 0 aliphatic carbocycles. The van der Waals surface area contributed by atoms with Crippen molar-refractivity contribution in [3.8, 4) is 11.3 Å². The summed E-state index contributed by atoms with van der Waals surface area (Å²) in [6.07, 6.45) is 1.94. The quantitative estimate of drug-likeness (QED) is 0.264. The smallest absolute Gasteiger partial charge is 0.265 e. The summed E-state index contributed by atoms with van der Waals surface area (Å²) in [7, 11) is 3.78. The van der Waals surface area contributed by atoms with Crippen LogP contribution in [0.2, 0.25) is 0 Å². The first-order valence-corrected chi connectivity index (χ1v) is 11.6. The van der Waals surface area contributed by atoms with Gasteiger partial charge in [-0.3, -0.25) is 9.69 Å². The molecule has 0 spiro atoms. The average Bonchev–Trinajstić information content (AvgIpc) is 3.10. The maximum Gasteiger partial charge on any atom is 0.265 e. The SMILES string of the molecule is CC(C)c1cc(-c2ccc(/C=C3/SC(=S)N(C)C3=O)n2C)cc(C(C)C)c1I. The third kappa shape index (κ3) is 3.96. The van der Waals surface area contributed by atoms with Crippen LogP contribution in [0.5, 0.6) is 0 Å². The van der Waals surface area contributed by atoms with Crippen LogP contribution in [0.15, 0.2) is 29.2 Å². The van der Waals surface area contributed by atoms with Gasteiger partial charge in [0.05, 0.1) is 4.91 Å². The molecular weight excluding hydrogens is 499 g/mol. The number of carbonyl (C=O) groups is 1. The molecule has 1 aromatic carbocycles. The summed E-state index contributed by atoms with van der Waals surface area (Å²) >= 11 is 9.08. The molecule has 0 bridgehead atoms. The van der Waals surface area contributed by atoms with E-state index in [9.17, 15) is 4.79 Å². The average molecular weight is 524 g/mol. The van der Waals surface area contributed by atoms with E-state index in [0.29, 0.717) is 21.1 Å². The van der Waals surface area contributed by atoms with Crippen molar-refractivity contribution >= 4 is 62.9 Å². The number of amides is 1. The van der Waals surface area contributed by atoms with Crippen LogP contribution >= 0.6 is 46.6 Å². The zero-order valence-corrected chi connectivity index (χ0v) is 20.8. The van der Waals surface area contributed by atoms with E-state index in [1.807, 2.05) is 6.08 Å². The Hall–Kier alpha value is -1.12. The van der Waals surface area contributed by atoms with Crippen LogP contribution in [0.1, 0.15) is 56.4 Å². The van der Waals surface area contributed by atoms with Gasteiger partial charge >= 0.3 is 0 Å². The molecule has 1 aliphatic heterocycles. The lowest BCUT2D eigenvalue weighted by molar-refractivity contribution is -0.121. The molecule has 1 aliphatic rings. The van der Waals surface area contributed by atoms with Crippen LogP contribution in [-0.4, -0.2) is 26.7 Å². The number of halogens is 1. The standard InChI is InChI=1S/C22H25IN2OS2/c1-12(2)16-9-14(10-17(13(3)4)20(16)23)18-8-7-15(24(18)5)11-19-21(26)25(6)22(27)28-19/h7-13H,1-6H3/b19-11+. The Bertz CT molecular complexity index is 959. The third-order valence-corrected chi connectivity index (χ3v) is 7.83. The molecule has 1 fully saturated rings. The number of nitrogens with zero attached hydrogens (tertiary/aromatic N) is 2. The Morgan fingerprint density at radius 3 is 2.11 bits per heavy atom. The number of thiocarbonyl (C=S) groups is 1. The van der Waals surface area contributed by atoms with Crippen LogP contribution in [0.3, 0.4) is 0 Å². The van der Waals surface area contributed by atoms with E-state index in [-0.39, 0.29) is 5.91 Å². The molecule has 0 saturated carbocycles. The molecule has 0 atom stereocenters. The third-order valence-electron chi connectivity index (χ3n) is 5.09. The van der Waals surface area contributed by atoms with E-state index in [4.69, 9.17) is 12.2 Å². The van der Waals surface area contributed by atoms with Crippen LogP contribution in [0.4, 0.5) is 0 Å². The van der Waals surface area contributed by atoms with E-state index in [0.717, 1.165) is 11.4 Å². The summed E-state index contributed by atoms with van der Waals surface area (Å²) in [5, 5.41) is 0. The summed E-state index contributed by atoms with van der Waals surface area (Å²) in [4.78, 5) is 14.5. The van der Waals surface area contributed by atoms with E-state index in [2.05, 4.69) is 86.2 Å². The molecule has 148 valence electrons. The van der Waals surface area contributed by atoms with Gasteiger partial charge in [-0.15, -0.1) is 0 Å². The molecular formula is C22H25IN2OS2. The lowest BCUT2D eigenvalue weighted by Crippen LogP contribution is -2.22. The van der Waals surface area contributed by atoms with Crippen molar-refractivity contribution in [1.82, 2.24) is 9.47 Å². The van der Waals surface area contributed by atoms with Gasteiger partial charge in [-0.05, 0) is 81.5 Å². The van der Waals surface area contributed by atoms with Gasteiger partial charge in [0.15, 0.2) is 0 Å². The Morgan fingerprint density at radius 1 is 1.07 bits per heavy atom. The van der Waals surface area contributed by atoms with Crippen molar-refractivity contribution in [2.45, 2.75) is 39.5 Å². The van der Waals surface area contributed by atoms with Crippen molar-refractivity contribution in [1.29, 1.82) is 0 Å². The number of thioether (sulfide) groups is 1. The summed E-state index contributed by atoms with van der Waals surface area (Å²) in [6, 6.07) is 8.82. The molecule has 1 amide bonds. The number of aromatic nitrogens is 1. The van der Waals surface area contributed by atoms with E-state index < -0.39 is 0 Å². The van der Waals surface area contributed by atoms with Crippen LogP contribution in [-0.2, 0) is 11.8 Å². The topological polar surface area (TPSA) is 25.2 Å². The lowest BCUT2D eigenvalue weighted by atomic mass is 9.92. The largest absolute Gasteiger partial charge is 0.344 e. The minimum atomic E-state index is -0.0313. The Balaban J connectivity index is 2.08. The summed E-state index contributed by atoms with van der Waals surface area (Å²) in [5.41, 5.74) is 6.14. The van der Waals surface area contributed by atoms with Gasteiger partial charge in [-0.2, -0.15) is 0 Å². The van der Waals surface area contributed by atoms with Gasteiger partial charge in [0, 0.05) is 29.1 Å². The van der Waals surface area contributed by atoms with Crippen molar-refractivity contribution in [3.63, 3.8) is 0 Å². The molecule has 0 N–H and O–H groups in total. The van der Waals surface area contributed by atoms with Crippen molar-refractivity contribution in [2.75, 3.05) is 7.05 Å². The van der Waals surface area contributed by atoms with Gasteiger partial charge in [0.1, 0.15) is 4.32 Å². The second-order valence-corrected chi connectivity index (χ2v) is 10.5. The van der Waals surface area contributed by atoms with Gasteiger partial charge in [0.25, 0.3) is 5.91 Å². The number of hydrogen-bond donors (Lipinski definition) is 0. The van der Waals surface area contributed by atoms with Crippen LogP contribution < -0.4 is 0 Å². The van der Waals surface area contributed by atoms with Crippen molar-refractivity contribution in [2.24, 2.45) is 7.05 Å². The number of rotatable bonds is 4. The number of benzene rings is 1. The van der Waals surface area contributed by atoms with Crippen molar-refractivity contribution < 1.29 is 4.79 Å². The molecule has 0 unspecified atom stereocenters. The van der Waals surface area contributed by atoms with Gasteiger partial charge in [-0.25, -0.2) is 0 Å².